The molecular formula is C15H19N3O3. The zero-order chi connectivity index (χ0) is 14.8. The lowest BCUT2D eigenvalue weighted by molar-refractivity contribution is -0.120. The number of oxazole rings is 1. The van der Waals surface area contributed by atoms with Gasteiger partial charge in [0.05, 0.1) is 12.2 Å². The summed E-state index contributed by atoms with van der Waals surface area (Å²) in [7, 11) is 0. The maximum atomic E-state index is 12.0. The molecule has 21 heavy (non-hydrogen) atoms. The lowest BCUT2D eigenvalue weighted by Crippen LogP contribution is -2.48. The molecule has 1 amide bonds. The number of nitrogens with one attached hydrogen (secondary N) is 1. The highest BCUT2D eigenvalue weighted by atomic mass is 16.4. The van der Waals surface area contributed by atoms with Gasteiger partial charge in [0, 0.05) is 19.5 Å². The van der Waals surface area contributed by atoms with E-state index in [4.69, 9.17) is 4.42 Å². The number of likely N-dealkylation sites (tertiary alicyclic amines) is 1. The second kappa shape index (κ2) is 5.73. The van der Waals surface area contributed by atoms with Gasteiger partial charge in [0.1, 0.15) is 0 Å². The van der Waals surface area contributed by atoms with Crippen LogP contribution in [0.5, 0.6) is 0 Å². The predicted octanol–water partition coefficient (Wildman–Crippen LogP) is 1.15. The molecule has 0 unspecified atom stereocenters. The summed E-state index contributed by atoms with van der Waals surface area (Å²) in [6.45, 7) is 3.70. The topological polar surface area (TPSA) is 67.5 Å². The van der Waals surface area contributed by atoms with Crippen LogP contribution in [0.2, 0.25) is 0 Å². The number of hydrogen-bond donors (Lipinski definition) is 1. The smallest absolute Gasteiger partial charge is 0.408 e. The summed E-state index contributed by atoms with van der Waals surface area (Å²) < 4.78 is 6.89. The first kappa shape index (κ1) is 13.9. The van der Waals surface area contributed by atoms with Gasteiger partial charge in [-0.2, -0.15) is 0 Å². The SMILES string of the molecule is CC(=O)N[C@H]1CCCN(Cn2c(=O)oc3ccccc32)C1. The first-order valence-electron chi connectivity index (χ1n) is 7.21. The molecule has 1 aliphatic heterocycles. The van der Waals surface area contributed by atoms with E-state index in [-0.39, 0.29) is 17.7 Å². The quantitative estimate of drug-likeness (QED) is 0.920. The van der Waals surface area contributed by atoms with Crippen LogP contribution in [0.15, 0.2) is 33.5 Å². The van der Waals surface area contributed by atoms with Crippen molar-refractivity contribution >= 4 is 17.0 Å². The minimum Gasteiger partial charge on any atom is -0.408 e. The van der Waals surface area contributed by atoms with Crippen LogP contribution in [0.25, 0.3) is 11.1 Å². The molecule has 112 valence electrons. The molecule has 1 aromatic heterocycles. The van der Waals surface area contributed by atoms with Crippen LogP contribution < -0.4 is 11.1 Å². The number of para-hydroxylation sites is 2. The summed E-state index contributed by atoms with van der Waals surface area (Å²) in [4.78, 5) is 25.3. The number of amides is 1. The summed E-state index contributed by atoms with van der Waals surface area (Å²) in [6, 6.07) is 7.58. The van der Waals surface area contributed by atoms with E-state index in [1.807, 2.05) is 18.2 Å². The molecule has 0 radical (unpaired) electrons. The highest BCUT2D eigenvalue weighted by Gasteiger charge is 2.21. The molecule has 3 rings (SSSR count). The number of benzene rings is 1. The van der Waals surface area contributed by atoms with Gasteiger partial charge in [0.25, 0.3) is 0 Å². The Morgan fingerprint density at radius 1 is 1.43 bits per heavy atom. The molecule has 1 aliphatic rings. The zero-order valence-electron chi connectivity index (χ0n) is 12.0. The van der Waals surface area contributed by atoms with Crippen molar-refractivity contribution in [2.75, 3.05) is 13.1 Å². The first-order valence-corrected chi connectivity index (χ1v) is 7.21. The molecule has 6 nitrogen and oxygen atoms in total. The normalized spacial score (nSPS) is 19.8. The second-order valence-electron chi connectivity index (χ2n) is 5.52. The van der Waals surface area contributed by atoms with Crippen LogP contribution in [-0.2, 0) is 11.5 Å². The second-order valence-corrected chi connectivity index (χ2v) is 5.52. The fraction of sp³-hybridized carbons (Fsp3) is 0.467. The number of rotatable bonds is 3. The number of aromatic nitrogens is 1. The van der Waals surface area contributed by atoms with Crippen LogP contribution in [0.3, 0.4) is 0 Å². The van der Waals surface area contributed by atoms with E-state index in [1.165, 1.54) is 6.92 Å². The molecule has 0 aliphatic carbocycles. The van der Waals surface area contributed by atoms with Crippen molar-refractivity contribution in [3.05, 3.63) is 34.8 Å². The van der Waals surface area contributed by atoms with Crippen molar-refractivity contribution in [2.24, 2.45) is 0 Å². The molecule has 1 saturated heterocycles. The lowest BCUT2D eigenvalue weighted by atomic mass is 10.1. The fourth-order valence-electron chi connectivity index (χ4n) is 2.94. The summed E-state index contributed by atoms with van der Waals surface area (Å²) >= 11 is 0. The van der Waals surface area contributed by atoms with E-state index in [0.29, 0.717) is 12.3 Å². The van der Waals surface area contributed by atoms with Crippen molar-refractivity contribution in [2.45, 2.75) is 32.5 Å². The minimum atomic E-state index is -0.335. The summed E-state index contributed by atoms with van der Waals surface area (Å²) in [5.74, 6) is -0.342. The molecule has 0 spiro atoms. The molecule has 0 saturated carbocycles. The highest BCUT2D eigenvalue weighted by molar-refractivity contribution is 5.73. The third kappa shape index (κ3) is 3.00. The Bertz CT molecular complexity index is 703. The van der Waals surface area contributed by atoms with Crippen LogP contribution in [-0.4, -0.2) is 34.5 Å². The Morgan fingerprint density at radius 3 is 3.05 bits per heavy atom. The fourth-order valence-corrected chi connectivity index (χ4v) is 2.94. The van der Waals surface area contributed by atoms with Gasteiger partial charge in [-0.1, -0.05) is 12.1 Å². The van der Waals surface area contributed by atoms with E-state index in [0.717, 1.165) is 31.4 Å². The Balaban J connectivity index is 1.77. The molecule has 2 aromatic rings. The number of carbonyl (C=O) groups is 1. The molecule has 1 atom stereocenters. The van der Waals surface area contributed by atoms with Crippen LogP contribution in [0.1, 0.15) is 19.8 Å². The summed E-state index contributed by atoms with van der Waals surface area (Å²) in [6.07, 6.45) is 1.99. The molecule has 1 fully saturated rings. The van der Waals surface area contributed by atoms with Gasteiger partial charge in [0.2, 0.25) is 5.91 Å². The van der Waals surface area contributed by atoms with Gasteiger partial charge in [0.15, 0.2) is 5.58 Å². The van der Waals surface area contributed by atoms with Gasteiger partial charge in [-0.15, -0.1) is 0 Å². The number of piperidine rings is 1. The number of fused-ring (bicyclic) bond motifs is 1. The van der Waals surface area contributed by atoms with Crippen molar-refractivity contribution in [3.8, 4) is 0 Å². The third-order valence-electron chi connectivity index (χ3n) is 3.83. The van der Waals surface area contributed by atoms with E-state index < -0.39 is 0 Å². The molecule has 6 heteroatoms. The highest BCUT2D eigenvalue weighted by Crippen LogP contribution is 2.15. The van der Waals surface area contributed by atoms with Gasteiger partial charge in [-0.25, -0.2) is 4.79 Å². The first-order chi connectivity index (χ1) is 10.1. The summed E-state index contributed by atoms with van der Waals surface area (Å²) in [5, 5.41) is 2.95. The van der Waals surface area contributed by atoms with Crippen molar-refractivity contribution < 1.29 is 9.21 Å². The standard InChI is InChI=1S/C15H19N3O3/c1-11(19)16-12-5-4-8-17(9-12)10-18-13-6-2-3-7-14(13)21-15(18)20/h2-3,6-7,12H,4-5,8-10H2,1H3,(H,16,19)/t12-/m0/s1. The largest absolute Gasteiger partial charge is 0.421 e. The van der Waals surface area contributed by atoms with Gasteiger partial charge in [-0.3, -0.25) is 14.3 Å². The Morgan fingerprint density at radius 2 is 2.24 bits per heavy atom. The van der Waals surface area contributed by atoms with E-state index in [1.54, 1.807) is 10.6 Å². The maximum absolute atomic E-state index is 12.0. The minimum absolute atomic E-state index is 0.00669. The summed E-state index contributed by atoms with van der Waals surface area (Å²) in [5.41, 5.74) is 1.42. The molecule has 0 bridgehead atoms. The Hall–Kier alpha value is -2.08. The third-order valence-corrected chi connectivity index (χ3v) is 3.83. The number of hydrogen-bond acceptors (Lipinski definition) is 4. The Kier molecular flexibility index (Phi) is 3.79. The number of carbonyl (C=O) groups excluding carboxylic acids is 1. The maximum Gasteiger partial charge on any atom is 0.421 e. The van der Waals surface area contributed by atoms with Gasteiger partial charge >= 0.3 is 5.76 Å². The van der Waals surface area contributed by atoms with Crippen molar-refractivity contribution in [1.29, 1.82) is 0 Å². The van der Waals surface area contributed by atoms with Gasteiger partial charge < -0.3 is 9.73 Å². The van der Waals surface area contributed by atoms with E-state index in [9.17, 15) is 9.59 Å². The van der Waals surface area contributed by atoms with Crippen molar-refractivity contribution in [1.82, 2.24) is 14.8 Å². The molecule has 2 heterocycles. The Labute approximate surface area is 122 Å². The van der Waals surface area contributed by atoms with E-state index in [2.05, 4.69) is 10.2 Å². The van der Waals surface area contributed by atoms with Crippen LogP contribution >= 0.6 is 0 Å². The molecule has 1 aromatic carbocycles. The molecular weight excluding hydrogens is 270 g/mol. The number of nitrogens with zero attached hydrogens (tertiary/aromatic N) is 2. The average Bonchev–Trinajstić information content (AvgIpc) is 2.75. The molecule has 1 N–H and O–H groups in total. The van der Waals surface area contributed by atoms with Crippen LogP contribution in [0, 0.1) is 0 Å². The lowest BCUT2D eigenvalue weighted by Gasteiger charge is -2.32. The van der Waals surface area contributed by atoms with Crippen LogP contribution in [0.4, 0.5) is 0 Å². The average molecular weight is 289 g/mol. The van der Waals surface area contributed by atoms with Crippen molar-refractivity contribution in [3.63, 3.8) is 0 Å². The monoisotopic (exact) mass is 289 g/mol. The van der Waals surface area contributed by atoms with Gasteiger partial charge in [-0.05, 0) is 31.5 Å². The predicted molar refractivity (Wildman–Crippen MR) is 78.9 cm³/mol. The zero-order valence-corrected chi connectivity index (χ0v) is 12.0. The van der Waals surface area contributed by atoms with E-state index >= 15 is 0 Å².